The van der Waals surface area contributed by atoms with E-state index in [2.05, 4.69) is 42.5 Å². The van der Waals surface area contributed by atoms with Gasteiger partial charge in [-0.15, -0.1) is 0 Å². The van der Waals surface area contributed by atoms with Crippen LogP contribution in [0.1, 0.15) is 6.42 Å². The summed E-state index contributed by atoms with van der Waals surface area (Å²) >= 11 is 0. The lowest BCUT2D eigenvalue weighted by atomic mass is 10.1. The van der Waals surface area contributed by atoms with Crippen LogP contribution < -0.4 is 0 Å². The van der Waals surface area contributed by atoms with Gasteiger partial charge in [0.15, 0.2) is 15.0 Å². The zero-order valence-corrected chi connectivity index (χ0v) is 19.8. The summed E-state index contributed by atoms with van der Waals surface area (Å²) in [6.07, 6.45) is -5.65. The van der Waals surface area contributed by atoms with Crippen LogP contribution in [0.2, 0.25) is 0 Å². The summed E-state index contributed by atoms with van der Waals surface area (Å²) < 4.78 is 146. The van der Waals surface area contributed by atoms with E-state index in [1.807, 2.05) is 0 Å². The summed E-state index contributed by atoms with van der Waals surface area (Å²) in [6, 6.07) is 15.3. The van der Waals surface area contributed by atoms with Gasteiger partial charge in [0.1, 0.15) is 24.4 Å². The first-order valence-corrected chi connectivity index (χ1v) is 12.8. The fraction of sp³-hybridized carbons (Fsp3) is 0.500. The molecule has 0 bridgehead atoms. The van der Waals surface area contributed by atoms with Crippen LogP contribution in [0.15, 0.2) is 47.4 Å². The van der Waals surface area contributed by atoms with Gasteiger partial charge in [0, 0.05) is 29.8 Å². The summed E-state index contributed by atoms with van der Waals surface area (Å²) in [6.45, 7) is 0.414. The number of ether oxygens (including phenoxy) is 2. The molecule has 0 amide bonds. The second-order valence-corrected chi connectivity index (χ2v) is 11.0. The molecule has 0 aliphatic carbocycles. The molecular formula is C20H19F9O5S2. The van der Waals surface area contributed by atoms with Gasteiger partial charge < -0.3 is 14.0 Å². The standard InChI is InChI=1S/C16H19O2S.C4HF9O3S/c1-17-12-18-14-9-10-19(11-14)16-8-4-6-13-5-2-3-7-15(13)16;5-1(6,3(9,10)11)2(7,8)4(12,13)17(14,15)16/h2-8,14H,9-12H2,1H3;(H,14,15,16)/q+1;/p-1. The van der Waals surface area contributed by atoms with E-state index in [1.165, 1.54) is 21.4 Å². The SMILES string of the molecule is COCOC1CC[S+](c2cccc3ccccc23)C1.O=S(=O)([O-])C(F)(F)C(F)(F)C(F)(F)C(F)(F)F. The van der Waals surface area contributed by atoms with E-state index in [0.29, 0.717) is 23.8 Å². The molecule has 204 valence electrons. The highest BCUT2D eigenvalue weighted by Crippen LogP contribution is 2.54. The van der Waals surface area contributed by atoms with E-state index in [9.17, 15) is 52.5 Å². The maximum atomic E-state index is 12.2. The van der Waals surface area contributed by atoms with Crippen molar-refractivity contribution < 1.29 is 62.0 Å². The van der Waals surface area contributed by atoms with Gasteiger partial charge in [-0.25, -0.2) is 8.42 Å². The van der Waals surface area contributed by atoms with Gasteiger partial charge in [-0.05, 0) is 17.5 Å². The molecule has 2 aromatic carbocycles. The maximum Gasteiger partial charge on any atom is 0.460 e. The summed E-state index contributed by atoms with van der Waals surface area (Å²) in [5, 5.41) is -4.37. The maximum absolute atomic E-state index is 12.2. The summed E-state index contributed by atoms with van der Waals surface area (Å²) in [4.78, 5) is 1.50. The molecule has 1 fully saturated rings. The predicted molar refractivity (Wildman–Crippen MR) is 111 cm³/mol. The number of alkyl halides is 9. The van der Waals surface area contributed by atoms with E-state index >= 15 is 0 Å². The normalized spacial score (nSPS) is 19.8. The van der Waals surface area contributed by atoms with Crippen molar-refractivity contribution in [2.45, 2.75) is 40.7 Å². The van der Waals surface area contributed by atoms with E-state index in [-0.39, 0.29) is 0 Å². The van der Waals surface area contributed by atoms with Crippen LogP contribution in [0, 0.1) is 0 Å². The summed E-state index contributed by atoms with van der Waals surface area (Å²) in [7, 11) is -5.42. The van der Waals surface area contributed by atoms with Gasteiger partial charge in [-0.1, -0.05) is 30.3 Å². The van der Waals surface area contributed by atoms with Crippen molar-refractivity contribution in [1.82, 2.24) is 0 Å². The fourth-order valence-electron chi connectivity index (χ4n) is 3.13. The molecule has 1 aliphatic rings. The van der Waals surface area contributed by atoms with Crippen LogP contribution in [0.5, 0.6) is 0 Å². The van der Waals surface area contributed by atoms with Crippen molar-refractivity contribution in [3.8, 4) is 0 Å². The van der Waals surface area contributed by atoms with Crippen LogP contribution in [0.25, 0.3) is 10.8 Å². The van der Waals surface area contributed by atoms with Gasteiger partial charge in [0.25, 0.3) is 0 Å². The first kappa shape index (κ1) is 30.5. The zero-order valence-electron chi connectivity index (χ0n) is 18.2. The third-order valence-electron chi connectivity index (χ3n) is 4.99. The van der Waals surface area contributed by atoms with Gasteiger partial charge in [-0.3, -0.25) is 0 Å². The van der Waals surface area contributed by atoms with E-state index < -0.39 is 33.4 Å². The lowest BCUT2D eigenvalue weighted by Gasteiger charge is -2.34. The molecule has 0 spiro atoms. The Hall–Kier alpha value is -1.75. The first-order chi connectivity index (χ1) is 16.4. The van der Waals surface area contributed by atoms with Crippen LogP contribution in [0.4, 0.5) is 39.5 Å². The van der Waals surface area contributed by atoms with Gasteiger partial charge in [0.05, 0.1) is 0 Å². The third kappa shape index (κ3) is 6.03. The Balaban J connectivity index is 0.000000256. The fourth-order valence-corrected chi connectivity index (χ4v) is 6.16. The number of hydrogen-bond acceptors (Lipinski definition) is 5. The molecule has 1 heterocycles. The second kappa shape index (κ2) is 10.9. The molecule has 36 heavy (non-hydrogen) atoms. The Morgan fingerprint density at radius 2 is 1.53 bits per heavy atom. The molecule has 0 N–H and O–H groups in total. The summed E-state index contributed by atoms with van der Waals surface area (Å²) in [5.74, 6) is -12.4. The van der Waals surface area contributed by atoms with E-state index in [4.69, 9.17) is 9.47 Å². The van der Waals surface area contributed by atoms with Crippen molar-refractivity contribution in [3.63, 3.8) is 0 Å². The molecule has 3 rings (SSSR count). The number of rotatable bonds is 7. The predicted octanol–water partition coefficient (Wildman–Crippen LogP) is 5.17. The number of hydrogen-bond donors (Lipinski definition) is 0. The van der Waals surface area contributed by atoms with E-state index in [1.54, 1.807) is 7.11 Å². The number of methoxy groups -OCH3 is 1. The van der Waals surface area contributed by atoms with E-state index in [0.717, 1.165) is 12.2 Å². The molecule has 0 aromatic heterocycles. The molecule has 2 unspecified atom stereocenters. The Morgan fingerprint density at radius 3 is 2.08 bits per heavy atom. The van der Waals surface area contributed by atoms with Crippen molar-refractivity contribution in [2.24, 2.45) is 0 Å². The second-order valence-electron chi connectivity index (χ2n) is 7.44. The van der Waals surface area contributed by atoms with Crippen LogP contribution in [-0.2, 0) is 30.5 Å². The monoisotopic (exact) mass is 574 g/mol. The molecule has 16 heteroatoms. The average molecular weight is 574 g/mol. The Morgan fingerprint density at radius 1 is 0.944 bits per heavy atom. The minimum absolute atomic E-state index is 0.321. The van der Waals surface area contributed by atoms with Crippen LogP contribution >= 0.6 is 0 Å². The molecular weight excluding hydrogens is 555 g/mol. The topological polar surface area (TPSA) is 75.7 Å². The van der Waals surface area contributed by atoms with Gasteiger partial charge in [-0.2, -0.15) is 39.5 Å². The molecule has 1 aliphatic heterocycles. The highest BCUT2D eigenvalue weighted by molar-refractivity contribution is 7.97. The zero-order chi connectivity index (χ0) is 27.6. The van der Waals surface area contributed by atoms with Crippen molar-refractivity contribution in [2.75, 3.05) is 25.4 Å². The highest BCUT2D eigenvalue weighted by Gasteiger charge is 2.83. The minimum atomic E-state index is -7.43. The Kier molecular flexibility index (Phi) is 9.25. The number of fused-ring (bicyclic) bond motifs is 1. The first-order valence-electron chi connectivity index (χ1n) is 9.80. The van der Waals surface area contributed by atoms with Crippen LogP contribution in [-0.4, -0.2) is 67.8 Å². The molecule has 2 atom stereocenters. The molecule has 2 aromatic rings. The lowest BCUT2D eigenvalue weighted by Crippen LogP contribution is -2.63. The Labute approximate surface area is 202 Å². The third-order valence-corrected chi connectivity index (χ3v) is 8.35. The molecule has 0 saturated carbocycles. The highest BCUT2D eigenvalue weighted by atomic mass is 32.2. The minimum Gasteiger partial charge on any atom is -0.743 e. The Bertz CT molecular complexity index is 1130. The van der Waals surface area contributed by atoms with Crippen molar-refractivity contribution in [3.05, 3.63) is 42.5 Å². The average Bonchev–Trinajstić information content (AvgIpc) is 3.24. The quantitative estimate of drug-likeness (QED) is 0.198. The van der Waals surface area contributed by atoms with Gasteiger partial charge in [0.2, 0.25) is 0 Å². The smallest absolute Gasteiger partial charge is 0.460 e. The van der Waals surface area contributed by atoms with Gasteiger partial charge >= 0.3 is 23.3 Å². The molecule has 0 radical (unpaired) electrons. The lowest BCUT2D eigenvalue weighted by molar-refractivity contribution is -0.382. The largest absolute Gasteiger partial charge is 0.743 e. The van der Waals surface area contributed by atoms with Crippen LogP contribution in [0.3, 0.4) is 0 Å². The number of benzene rings is 2. The summed E-state index contributed by atoms with van der Waals surface area (Å²) in [5.41, 5.74) is 0. The van der Waals surface area contributed by atoms with Crippen molar-refractivity contribution >= 4 is 31.8 Å². The van der Waals surface area contributed by atoms with Crippen molar-refractivity contribution in [1.29, 1.82) is 0 Å². The number of halogens is 9. The molecule has 5 nitrogen and oxygen atoms in total. The molecule has 1 saturated heterocycles.